The summed E-state index contributed by atoms with van der Waals surface area (Å²) in [5.74, 6) is 0.439. The van der Waals surface area contributed by atoms with Gasteiger partial charge in [-0.1, -0.05) is 41.0 Å². The highest BCUT2D eigenvalue weighted by Crippen LogP contribution is 2.59. The van der Waals surface area contributed by atoms with Crippen molar-refractivity contribution in [3.05, 3.63) is 11.1 Å². The predicted molar refractivity (Wildman–Crippen MR) is 92.0 cm³/mol. The Morgan fingerprint density at radius 3 is 2.48 bits per heavy atom. The molecule has 1 fully saturated rings. The zero-order valence-electron chi connectivity index (χ0n) is 15.6. The highest BCUT2D eigenvalue weighted by atomic mass is 16.5. The number of fused-ring (bicyclic) bond motifs is 1. The van der Waals surface area contributed by atoms with Crippen molar-refractivity contribution in [2.75, 3.05) is 7.11 Å². The van der Waals surface area contributed by atoms with Gasteiger partial charge in [0.05, 0.1) is 7.11 Å². The highest BCUT2D eigenvalue weighted by molar-refractivity contribution is 6.18. The molecule has 2 aliphatic rings. The number of carbonyl (C=O) groups excluding carboxylic acids is 2. The van der Waals surface area contributed by atoms with Crippen LogP contribution in [0.2, 0.25) is 0 Å². The van der Waals surface area contributed by atoms with Crippen LogP contribution in [0.3, 0.4) is 0 Å². The molecule has 23 heavy (non-hydrogen) atoms. The number of hydrogen-bond donors (Lipinski definition) is 0. The summed E-state index contributed by atoms with van der Waals surface area (Å²) in [6.07, 6.45) is 5.71. The molecule has 2 atom stereocenters. The molecule has 0 aliphatic heterocycles. The van der Waals surface area contributed by atoms with Crippen molar-refractivity contribution in [3.63, 3.8) is 0 Å². The first-order chi connectivity index (χ1) is 10.6. The third kappa shape index (κ3) is 3.25. The predicted octanol–water partition coefficient (Wildman–Crippen LogP) is 4.70. The lowest BCUT2D eigenvalue weighted by Gasteiger charge is -2.54. The molecule has 0 heterocycles. The molecule has 0 radical (unpaired) electrons. The minimum Gasteiger partial charge on any atom is -0.465 e. The summed E-state index contributed by atoms with van der Waals surface area (Å²) in [6, 6.07) is 0. The highest BCUT2D eigenvalue weighted by Gasteiger charge is 2.53. The van der Waals surface area contributed by atoms with E-state index in [-0.39, 0.29) is 16.6 Å². The number of esters is 1. The molecule has 0 aromatic heterocycles. The number of Topliss-reactive ketones (excluding diaryl/α,β-unsaturated/α-hetero) is 1. The minimum absolute atomic E-state index is 0.00643. The van der Waals surface area contributed by atoms with Crippen molar-refractivity contribution in [2.24, 2.45) is 22.7 Å². The SMILES string of the molecule is COC(=O)C1=C(CCC(C)C)[C@@]2(C)CCCC(C)(C)[C@@H]2CC1=O. The van der Waals surface area contributed by atoms with E-state index < -0.39 is 5.97 Å². The molecule has 0 saturated heterocycles. The lowest BCUT2D eigenvalue weighted by Crippen LogP contribution is -2.48. The summed E-state index contributed by atoms with van der Waals surface area (Å²) in [5, 5.41) is 0. The van der Waals surface area contributed by atoms with Crippen LogP contribution in [-0.2, 0) is 14.3 Å². The van der Waals surface area contributed by atoms with Crippen molar-refractivity contribution in [1.29, 1.82) is 0 Å². The van der Waals surface area contributed by atoms with E-state index in [0.717, 1.165) is 37.7 Å². The third-order valence-electron chi connectivity index (χ3n) is 6.25. The summed E-state index contributed by atoms with van der Waals surface area (Å²) in [4.78, 5) is 25.1. The molecule has 2 aliphatic carbocycles. The quantitative estimate of drug-likeness (QED) is 0.557. The molecule has 3 heteroatoms. The fourth-order valence-corrected chi connectivity index (χ4v) is 4.91. The van der Waals surface area contributed by atoms with Gasteiger partial charge in [-0.2, -0.15) is 0 Å². The second-order valence-corrected chi connectivity index (χ2v) is 8.72. The Kier molecular flexibility index (Phi) is 5.08. The van der Waals surface area contributed by atoms with E-state index in [1.165, 1.54) is 7.11 Å². The summed E-state index contributed by atoms with van der Waals surface area (Å²) in [5.41, 5.74) is 1.54. The van der Waals surface area contributed by atoms with E-state index in [0.29, 0.717) is 23.8 Å². The van der Waals surface area contributed by atoms with Crippen LogP contribution < -0.4 is 0 Å². The maximum atomic E-state index is 12.8. The molecule has 0 spiro atoms. The molecular formula is C20H32O3. The standard InChI is InChI=1S/C20H32O3/c1-13(2)8-9-14-17(18(22)23-6)15(21)12-16-19(3,4)10-7-11-20(14,16)5/h13,16H,7-12H2,1-6H3/t16-,20+/m0/s1. The molecule has 1 saturated carbocycles. The molecule has 130 valence electrons. The molecule has 0 aromatic carbocycles. The fourth-order valence-electron chi connectivity index (χ4n) is 4.91. The third-order valence-corrected chi connectivity index (χ3v) is 6.25. The monoisotopic (exact) mass is 320 g/mol. The minimum atomic E-state index is -0.434. The van der Waals surface area contributed by atoms with Gasteiger partial charge >= 0.3 is 5.97 Å². The van der Waals surface area contributed by atoms with Crippen LogP contribution in [0.25, 0.3) is 0 Å². The van der Waals surface area contributed by atoms with Gasteiger partial charge < -0.3 is 4.74 Å². The lowest BCUT2D eigenvalue weighted by molar-refractivity contribution is -0.139. The van der Waals surface area contributed by atoms with E-state index in [2.05, 4.69) is 34.6 Å². The number of allylic oxidation sites excluding steroid dienone is 1. The van der Waals surface area contributed by atoms with Gasteiger partial charge in [-0.25, -0.2) is 4.79 Å². The van der Waals surface area contributed by atoms with Crippen LogP contribution in [0.15, 0.2) is 11.1 Å². The van der Waals surface area contributed by atoms with Crippen molar-refractivity contribution < 1.29 is 14.3 Å². The van der Waals surface area contributed by atoms with Gasteiger partial charge in [0.25, 0.3) is 0 Å². The number of ether oxygens (including phenoxy) is 1. The van der Waals surface area contributed by atoms with Gasteiger partial charge in [-0.15, -0.1) is 0 Å². The van der Waals surface area contributed by atoms with Gasteiger partial charge in [-0.3, -0.25) is 4.79 Å². The maximum absolute atomic E-state index is 12.8. The zero-order chi connectivity index (χ0) is 17.4. The zero-order valence-corrected chi connectivity index (χ0v) is 15.6. The number of ketones is 1. The van der Waals surface area contributed by atoms with E-state index >= 15 is 0 Å². The summed E-state index contributed by atoms with van der Waals surface area (Å²) in [7, 11) is 1.38. The summed E-state index contributed by atoms with van der Waals surface area (Å²) < 4.78 is 4.96. The molecule has 0 aromatic rings. The Morgan fingerprint density at radius 1 is 1.26 bits per heavy atom. The van der Waals surface area contributed by atoms with Crippen molar-refractivity contribution in [3.8, 4) is 0 Å². The van der Waals surface area contributed by atoms with Crippen LogP contribution in [-0.4, -0.2) is 18.9 Å². The van der Waals surface area contributed by atoms with Gasteiger partial charge in [0.15, 0.2) is 5.78 Å². The molecule has 0 bridgehead atoms. The molecular weight excluding hydrogens is 288 g/mol. The van der Waals surface area contributed by atoms with Gasteiger partial charge in [0.2, 0.25) is 0 Å². The first-order valence-corrected chi connectivity index (χ1v) is 8.98. The van der Waals surface area contributed by atoms with Crippen molar-refractivity contribution in [1.82, 2.24) is 0 Å². The fraction of sp³-hybridized carbons (Fsp3) is 0.800. The van der Waals surface area contributed by atoms with E-state index in [1.807, 2.05) is 0 Å². The molecule has 0 amide bonds. The van der Waals surface area contributed by atoms with Crippen LogP contribution in [0, 0.1) is 22.7 Å². The summed E-state index contributed by atoms with van der Waals surface area (Å²) >= 11 is 0. The van der Waals surface area contributed by atoms with E-state index in [1.54, 1.807) is 0 Å². The van der Waals surface area contributed by atoms with Crippen molar-refractivity contribution in [2.45, 2.75) is 73.1 Å². The lowest BCUT2D eigenvalue weighted by atomic mass is 9.49. The summed E-state index contributed by atoms with van der Waals surface area (Å²) in [6.45, 7) is 11.2. The Morgan fingerprint density at radius 2 is 1.91 bits per heavy atom. The average molecular weight is 320 g/mol. The van der Waals surface area contributed by atoms with Crippen LogP contribution in [0.1, 0.15) is 73.1 Å². The largest absolute Gasteiger partial charge is 0.465 e. The van der Waals surface area contributed by atoms with Crippen LogP contribution in [0.5, 0.6) is 0 Å². The molecule has 3 nitrogen and oxygen atoms in total. The number of carbonyl (C=O) groups is 2. The molecule has 2 rings (SSSR count). The number of hydrogen-bond acceptors (Lipinski definition) is 3. The van der Waals surface area contributed by atoms with Crippen LogP contribution in [0.4, 0.5) is 0 Å². The average Bonchev–Trinajstić information content (AvgIpc) is 2.45. The number of rotatable bonds is 4. The van der Waals surface area contributed by atoms with E-state index in [4.69, 9.17) is 4.74 Å². The normalized spacial score (nSPS) is 30.4. The first-order valence-electron chi connectivity index (χ1n) is 8.98. The Labute approximate surface area is 140 Å². The molecule has 0 unspecified atom stereocenters. The van der Waals surface area contributed by atoms with Crippen molar-refractivity contribution >= 4 is 11.8 Å². The second-order valence-electron chi connectivity index (χ2n) is 8.72. The van der Waals surface area contributed by atoms with Gasteiger partial charge in [0.1, 0.15) is 5.57 Å². The first kappa shape index (κ1) is 18.2. The Hall–Kier alpha value is -1.12. The Bertz CT molecular complexity index is 527. The van der Waals surface area contributed by atoms with Gasteiger partial charge in [-0.05, 0) is 53.9 Å². The topological polar surface area (TPSA) is 43.4 Å². The Balaban J connectivity index is 2.55. The maximum Gasteiger partial charge on any atom is 0.341 e. The van der Waals surface area contributed by atoms with Crippen LogP contribution >= 0.6 is 0 Å². The number of methoxy groups -OCH3 is 1. The molecule has 0 N–H and O–H groups in total. The van der Waals surface area contributed by atoms with E-state index in [9.17, 15) is 9.59 Å². The van der Waals surface area contributed by atoms with Gasteiger partial charge in [0, 0.05) is 6.42 Å². The smallest absolute Gasteiger partial charge is 0.341 e. The second kappa shape index (κ2) is 6.41.